The number of amides is 2. The summed E-state index contributed by atoms with van der Waals surface area (Å²) in [6.07, 6.45) is 0.260. The van der Waals surface area contributed by atoms with Crippen molar-refractivity contribution in [2.45, 2.75) is 39.5 Å². The molecule has 0 spiro atoms. The highest BCUT2D eigenvalue weighted by molar-refractivity contribution is 5.91. The summed E-state index contributed by atoms with van der Waals surface area (Å²) in [6.45, 7) is 5.90. The van der Waals surface area contributed by atoms with Gasteiger partial charge in [0.25, 0.3) is 0 Å². The predicted molar refractivity (Wildman–Crippen MR) is 80.0 cm³/mol. The second kappa shape index (κ2) is 7.87. The van der Waals surface area contributed by atoms with Gasteiger partial charge in [-0.25, -0.2) is 4.79 Å². The lowest BCUT2D eigenvalue weighted by atomic mass is 10.1. The van der Waals surface area contributed by atoms with Gasteiger partial charge in [-0.3, -0.25) is 0 Å². The van der Waals surface area contributed by atoms with Gasteiger partial charge in [-0.05, 0) is 31.4 Å². The van der Waals surface area contributed by atoms with E-state index in [1.165, 1.54) is 0 Å². The van der Waals surface area contributed by atoms with E-state index in [2.05, 4.69) is 10.6 Å². The van der Waals surface area contributed by atoms with Crippen molar-refractivity contribution < 1.29 is 14.3 Å². The van der Waals surface area contributed by atoms with Crippen molar-refractivity contribution in [2.24, 2.45) is 0 Å². The Balaban J connectivity index is 2.71. The minimum Gasteiger partial charge on any atom is -0.354 e. The van der Waals surface area contributed by atoms with Crippen LogP contribution in [0.3, 0.4) is 0 Å². The molecule has 5 heteroatoms. The molecule has 112 valence electrons. The molecule has 0 aliphatic carbocycles. The highest BCUT2D eigenvalue weighted by Crippen LogP contribution is 2.19. The third-order valence-electron chi connectivity index (χ3n) is 3.27. The van der Waals surface area contributed by atoms with E-state index in [0.29, 0.717) is 6.42 Å². The number of nitrogens with one attached hydrogen (secondary N) is 2. The normalized spacial score (nSPS) is 12.3. The molecule has 1 rings (SSSR count). The van der Waals surface area contributed by atoms with Gasteiger partial charge < -0.3 is 20.1 Å². The molecule has 5 nitrogen and oxygen atoms in total. The Morgan fingerprint density at radius 3 is 2.20 bits per heavy atom. The fourth-order valence-corrected chi connectivity index (χ4v) is 2.12. The van der Waals surface area contributed by atoms with Crippen LogP contribution in [0.2, 0.25) is 0 Å². The van der Waals surface area contributed by atoms with Crippen LogP contribution in [0.4, 0.5) is 10.5 Å². The molecule has 20 heavy (non-hydrogen) atoms. The molecule has 0 aliphatic rings. The van der Waals surface area contributed by atoms with Crippen LogP contribution in [-0.2, 0) is 9.47 Å². The van der Waals surface area contributed by atoms with Crippen LogP contribution < -0.4 is 10.6 Å². The molecule has 1 atom stereocenters. The van der Waals surface area contributed by atoms with Gasteiger partial charge in [0.2, 0.25) is 0 Å². The van der Waals surface area contributed by atoms with Crippen molar-refractivity contribution in [1.29, 1.82) is 0 Å². The van der Waals surface area contributed by atoms with Gasteiger partial charge in [-0.2, -0.15) is 0 Å². The number of anilines is 1. The van der Waals surface area contributed by atoms with Crippen molar-refractivity contribution in [3.05, 3.63) is 29.3 Å². The first kappa shape index (κ1) is 16.5. The highest BCUT2D eigenvalue weighted by Gasteiger charge is 2.21. The maximum absolute atomic E-state index is 12.1. The third-order valence-corrected chi connectivity index (χ3v) is 3.27. The fraction of sp³-hybridized carbons (Fsp3) is 0.533. The van der Waals surface area contributed by atoms with E-state index in [4.69, 9.17) is 9.47 Å². The van der Waals surface area contributed by atoms with Crippen LogP contribution in [-0.4, -0.2) is 32.6 Å². The van der Waals surface area contributed by atoms with Crippen LogP contribution in [0.25, 0.3) is 0 Å². The number of para-hydroxylation sites is 1. The average Bonchev–Trinajstić information content (AvgIpc) is 2.43. The summed E-state index contributed by atoms with van der Waals surface area (Å²) in [5, 5.41) is 5.76. The van der Waals surface area contributed by atoms with Gasteiger partial charge in [0.1, 0.15) is 0 Å². The number of carbonyl (C=O) groups is 1. The average molecular weight is 280 g/mol. The van der Waals surface area contributed by atoms with Gasteiger partial charge >= 0.3 is 6.03 Å². The summed E-state index contributed by atoms with van der Waals surface area (Å²) in [5.41, 5.74) is 2.90. The lowest BCUT2D eigenvalue weighted by molar-refractivity contribution is -0.120. The zero-order valence-corrected chi connectivity index (χ0v) is 12.8. The van der Waals surface area contributed by atoms with Crippen molar-refractivity contribution in [2.75, 3.05) is 19.5 Å². The summed E-state index contributed by atoms with van der Waals surface area (Å²) in [4.78, 5) is 12.1. The Bertz CT molecular complexity index is 424. The Morgan fingerprint density at radius 1 is 1.20 bits per heavy atom. The standard InChI is InChI=1S/C15H24N2O3/c1-6-12(14(19-4)20-5)16-15(18)17-13-10(2)8-7-9-11(13)3/h7-9,12,14H,6H2,1-5H3,(H2,16,17,18)/t12-/m1/s1. The van der Waals surface area contributed by atoms with E-state index in [1.54, 1.807) is 14.2 Å². The lowest BCUT2D eigenvalue weighted by Crippen LogP contribution is -2.46. The third kappa shape index (κ3) is 4.21. The molecule has 2 N–H and O–H groups in total. The number of aryl methyl sites for hydroxylation is 2. The molecular weight excluding hydrogens is 256 g/mol. The minimum absolute atomic E-state index is 0.200. The first-order valence-corrected chi connectivity index (χ1v) is 6.72. The Morgan fingerprint density at radius 2 is 1.75 bits per heavy atom. The van der Waals surface area contributed by atoms with Gasteiger partial charge in [0, 0.05) is 19.9 Å². The second-order valence-electron chi connectivity index (χ2n) is 4.72. The molecule has 0 saturated heterocycles. The summed E-state index contributed by atoms with van der Waals surface area (Å²) in [6, 6.07) is 5.44. The number of ether oxygens (including phenoxy) is 2. The Hall–Kier alpha value is -1.59. The Labute approximate surface area is 120 Å². The van der Waals surface area contributed by atoms with E-state index in [1.807, 2.05) is 39.0 Å². The Kier molecular flexibility index (Phi) is 6.48. The number of benzene rings is 1. The quantitative estimate of drug-likeness (QED) is 0.788. The van der Waals surface area contributed by atoms with E-state index in [-0.39, 0.29) is 12.1 Å². The van der Waals surface area contributed by atoms with Gasteiger partial charge in [-0.15, -0.1) is 0 Å². The highest BCUT2D eigenvalue weighted by atomic mass is 16.7. The monoisotopic (exact) mass is 280 g/mol. The maximum Gasteiger partial charge on any atom is 0.319 e. The SMILES string of the molecule is CC[C@@H](NC(=O)Nc1c(C)cccc1C)C(OC)OC. The smallest absolute Gasteiger partial charge is 0.319 e. The minimum atomic E-state index is -0.455. The molecule has 1 aromatic rings. The predicted octanol–water partition coefficient (Wildman–Crippen LogP) is 2.82. The first-order chi connectivity index (χ1) is 9.53. The zero-order chi connectivity index (χ0) is 15.1. The van der Waals surface area contributed by atoms with E-state index < -0.39 is 6.29 Å². The van der Waals surface area contributed by atoms with Crippen LogP contribution in [0, 0.1) is 13.8 Å². The molecule has 0 radical (unpaired) electrons. The van der Waals surface area contributed by atoms with Crippen LogP contribution in [0.15, 0.2) is 18.2 Å². The lowest BCUT2D eigenvalue weighted by Gasteiger charge is -2.25. The number of rotatable bonds is 6. The molecule has 0 aromatic heterocycles. The molecule has 0 fully saturated rings. The topological polar surface area (TPSA) is 59.6 Å². The van der Waals surface area contributed by atoms with Crippen LogP contribution in [0.5, 0.6) is 0 Å². The number of hydrogen-bond donors (Lipinski definition) is 2. The van der Waals surface area contributed by atoms with Gasteiger partial charge in [0.15, 0.2) is 6.29 Å². The molecule has 2 amide bonds. The van der Waals surface area contributed by atoms with Gasteiger partial charge in [-0.1, -0.05) is 25.1 Å². The second-order valence-corrected chi connectivity index (χ2v) is 4.72. The first-order valence-electron chi connectivity index (χ1n) is 6.72. The summed E-state index contributed by atoms with van der Waals surface area (Å²) in [7, 11) is 3.11. The van der Waals surface area contributed by atoms with Crippen LogP contribution >= 0.6 is 0 Å². The van der Waals surface area contributed by atoms with Crippen molar-refractivity contribution in [3.8, 4) is 0 Å². The molecule has 1 aromatic carbocycles. The number of hydrogen-bond acceptors (Lipinski definition) is 3. The molecular formula is C15H24N2O3. The van der Waals surface area contributed by atoms with Gasteiger partial charge in [0.05, 0.1) is 6.04 Å². The molecule has 0 heterocycles. The van der Waals surface area contributed by atoms with E-state index in [9.17, 15) is 4.79 Å². The largest absolute Gasteiger partial charge is 0.354 e. The molecule has 0 aliphatic heterocycles. The summed E-state index contributed by atoms with van der Waals surface area (Å²) in [5.74, 6) is 0. The van der Waals surface area contributed by atoms with Crippen molar-refractivity contribution in [3.63, 3.8) is 0 Å². The molecule has 0 bridgehead atoms. The van der Waals surface area contributed by atoms with Crippen LogP contribution in [0.1, 0.15) is 24.5 Å². The van der Waals surface area contributed by atoms with E-state index >= 15 is 0 Å². The molecule has 0 saturated carbocycles. The zero-order valence-electron chi connectivity index (χ0n) is 12.8. The van der Waals surface area contributed by atoms with Crippen molar-refractivity contribution in [1.82, 2.24) is 5.32 Å². The number of urea groups is 1. The summed E-state index contributed by atoms with van der Waals surface area (Å²) >= 11 is 0. The number of methoxy groups -OCH3 is 2. The summed E-state index contributed by atoms with van der Waals surface area (Å²) < 4.78 is 10.4. The maximum atomic E-state index is 12.1. The number of carbonyl (C=O) groups excluding carboxylic acids is 1. The molecule has 0 unspecified atom stereocenters. The fourth-order valence-electron chi connectivity index (χ4n) is 2.12. The van der Waals surface area contributed by atoms with E-state index in [0.717, 1.165) is 16.8 Å². The van der Waals surface area contributed by atoms with Crippen molar-refractivity contribution >= 4 is 11.7 Å².